The van der Waals surface area contributed by atoms with Crippen LogP contribution in [0.4, 0.5) is 0 Å². The average Bonchev–Trinajstić information content (AvgIpc) is 3.30. The minimum atomic E-state index is -4.64. The van der Waals surface area contributed by atoms with Gasteiger partial charge in [0.1, 0.15) is 24.6 Å². The van der Waals surface area contributed by atoms with Crippen LogP contribution in [-0.4, -0.2) is 85.6 Å². The molecule has 3 heterocycles. The quantitative estimate of drug-likeness (QED) is 0.229. The highest BCUT2D eigenvalue weighted by molar-refractivity contribution is 7.45. The highest BCUT2D eigenvalue weighted by atomic mass is 31.2. The van der Waals surface area contributed by atoms with Gasteiger partial charge in [0.15, 0.2) is 6.23 Å². The molecule has 0 saturated carbocycles. The second-order valence-corrected chi connectivity index (χ2v) is 5.94. The first-order valence-corrected chi connectivity index (χ1v) is 8.65. The number of hydrogen-bond donors (Lipinski definition) is 8. The molecule has 1 aliphatic rings. The average molecular weight is 410 g/mol. The maximum Gasteiger partial charge on any atom is 0.466 e. The Morgan fingerprint density at radius 3 is 2.30 bits per heavy atom. The second kappa shape index (κ2) is 10.2. The van der Waals surface area contributed by atoms with Crippen molar-refractivity contribution in [2.24, 2.45) is 5.73 Å². The maximum atomic E-state index is 10.8. The summed E-state index contributed by atoms with van der Waals surface area (Å²) in [6.07, 6.45) is 1.82. The van der Waals surface area contributed by atoms with Crippen LogP contribution in [0.15, 0.2) is 25.0 Å². The molecule has 0 unspecified atom stereocenters. The third kappa shape index (κ3) is 7.90. The molecule has 27 heavy (non-hydrogen) atoms. The highest BCUT2D eigenvalue weighted by Gasteiger charge is 2.44. The van der Waals surface area contributed by atoms with Crippen LogP contribution < -0.4 is 5.73 Å². The molecule has 152 valence electrons. The van der Waals surface area contributed by atoms with Gasteiger partial charge in [-0.05, 0) is 0 Å². The molecule has 9 N–H and O–H groups in total. The summed E-state index contributed by atoms with van der Waals surface area (Å²) in [5, 5.41) is 31.8. The van der Waals surface area contributed by atoms with Crippen molar-refractivity contribution in [3.8, 4) is 0 Å². The van der Waals surface area contributed by atoms with Crippen LogP contribution >= 0.6 is 7.82 Å². The Kier molecular flexibility index (Phi) is 8.61. The Morgan fingerprint density at radius 2 is 1.96 bits per heavy atom. The number of imidazole rings is 1. The molecule has 2 aromatic heterocycles. The van der Waals surface area contributed by atoms with Crippen LogP contribution in [0.1, 0.15) is 16.8 Å². The number of phosphoric acid groups is 1. The molecule has 1 fully saturated rings. The Labute approximate surface area is 151 Å². The molecule has 1 amide bonds. The third-order valence-corrected chi connectivity index (χ3v) is 2.91. The fraction of sp³-hybridized carbons (Fsp3) is 0.455. The van der Waals surface area contributed by atoms with Crippen LogP contribution in [-0.2, 0) is 9.30 Å². The zero-order chi connectivity index (χ0) is 20.6. The van der Waals surface area contributed by atoms with Gasteiger partial charge in [0.2, 0.25) is 5.82 Å². The van der Waals surface area contributed by atoms with Gasteiger partial charge in [-0.25, -0.2) is 19.2 Å². The molecule has 15 nitrogen and oxygen atoms in total. The third-order valence-electron chi connectivity index (χ3n) is 2.91. The van der Waals surface area contributed by atoms with Gasteiger partial charge >= 0.3 is 7.82 Å². The number of H-pyrrole nitrogens is 1. The van der Waals surface area contributed by atoms with Crippen LogP contribution in [0, 0.1) is 0 Å². The van der Waals surface area contributed by atoms with Crippen LogP contribution in [0.5, 0.6) is 0 Å². The number of nitrogens with one attached hydrogen (secondary N) is 1. The molecule has 1 saturated heterocycles. The smallest absolute Gasteiger partial charge is 0.394 e. The van der Waals surface area contributed by atoms with Crippen molar-refractivity contribution in [1.82, 2.24) is 24.7 Å². The Morgan fingerprint density at radius 1 is 1.33 bits per heavy atom. The fourth-order valence-electron chi connectivity index (χ4n) is 1.82. The monoisotopic (exact) mass is 410 g/mol. The number of aliphatic hydroxyl groups excluding tert-OH is 3. The largest absolute Gasteiger partial charge is 0.466 e. The van der Waals surface area contributed by atoms with Gasteiger partial charge in [-0.1, -0.05) is 0 Å². The van der Waals surface area contributed by atoms with Crippen molar-refractivity contribution < 1.29 is 44.1 Å². The predicted octanol–water partition coefficient (Wildman–Crippen LogP) is -3.53. The van der Waals surface area contributed by atoms with Crippen molar-refractivity contribution >= 4 is 13.7 Å². The number of rotatable bonds is 3. The minimum absolute atomic E-state index is 0.220. The molecule has 2 aromatic rings. The lowest BCUT2D eigenvalue weighted by Crippen LogP contribution is -2.33. The Hall–Kier alpha value is -2.23. The van der Waals surface area contributed by atoms with Crippen molar-refractivity contribution in [2.75, 3.05) is 6.61 Å². The van der Waals surface area contributed by atoms with Crippen LogP contribution in [0.2, 0.25) is 0 Å². The van der Waals surface area contributed by atoms with Gasteiger partial charge in [-0.3, -0.25) is 4.79 Å². The van der Waals surface area contributed by atoms with E-state index in [1.54, 1.807) is 18.7 Å². The number of aliphatic hydroxyl groups is 3. The number of carbonyl (C=O) groups excluding carboxylic acids is 1. The first kappa shape index (κ1) is 22.8. The summed E-state index contributed by atoms with van der Waals surface area (Å²) >= 11 is 0. The zero-order valence-electron chi connectivity index (χ0n) is 13.5. The van der Waals surface area contributed by atoms with Crippen molar-refractivity contribution in [2.45, 2.75) is 24.5 Å². The van der Waals surface area contributed by atoms with E-state index in [9.17, 15) is 15.0 Å². The first-order chi connectivity index (χ1) is 12.5. The van der Waals surface area contributed by atoms with Gasteiger partial charge in [-0.2, -0.15) is 0 Å². The SMILES string of the molecule is NC(=O)c1ncn([C@@H]2O[C@H](CO)[C@@H](O)[C@H]2O)n1.O=P(O)(O)O.c1c[nH]cn1. The molecule has 3 rings (SSSR count). The van der Waals surface area contributed by atoms with Gasteiger partial charge in [-0.15, -0.1) is 5.10 Å². The summed E-state index contributed by atoms with van der Waals surface area (Å²) in [7, 11) is -4.64. The molecular formula is C11H19N6O9P. The fourth-order valence-corrected chi connectivity index (χ4v) is 1.82. The Bertz CT molecular complexity index is 709. The van der Waals surface area contributed by atoms with E-state index in [1.807, 2.05) is 0 Å². The maximum absolute atomic E-state index is 10.8. The van der Waals surface area contributed by atoms with E-state index in [0.717, 1.165) is 11.0 Å². The lowest BCUT2D eigenvalue weighted by atomic mass is 10.1. The molecule has 16 heteroatoms. The summed E-state index contributed by atoms with van der Waals surface area (Å²) in [6.45, 7) is -0.438. The summed E-state index contributed by atoms with van der Waals surface area (Å²) < 4.78 is 15.1. The van der Waals surface area contributed by atoms with Crippen LogP contribution in [0.25, 0.3) is 0 Å². The number of primary amides is 1. The predicted molar refractivity (Wildman–Crippen MR) is 84.4 cm³/mol. The highest BCUT2D eigenvalue weighted by Crippen LogP contribution is 2.28. The summed E-state index contributed by atoms with van der Waals surface area (Å²) in [5.41, 5.74) is 4.97. The van der Waals surface area contributed by atoms with Crippen LogP contribution in [0.3, 0.4) is 0 Å². The lowest BCUT2D eigenvalue weighted by molar-refractivity contribution is -0.0588. The number of nitrogens with two attached hydrogens (primary N) is 1. The van der Waals surface area contributed by atoms with Crippen molar-refractivity contribution in [3.63, 3.8) is 0 Å². The van der Waals surface area contributed by atoms with E-state index >= 15 is 0 Å². The minimum Gasteiger partial charge on any atom is -0.394 e. The number of nitrogens with zero attached hydrogens (tertiary/aromatic N) is 4. The lowest BCUT2D eigenvalue weighted by Gasteiger charge is -2.13. The van der Waals surface area contributed by atoms with E-state index in [0.29, 0.717) is 0 Å². The molecule has 4 atom stereocenters. The number of hydrogen-bond acceptors (Lipinski definition) is 9. The molecule has 0 spiro atoms. The van der Waals surface area contributed by atoms with Gasteiger partial charge in [0, 0.05) is 12.4 Å². The first-order valence-electron chi connectivity index (χ1n) is 7.09. The molecular weight excluding hydrogens is 391 g/mol. The van der Waals surface area contributed by atoms with Gasteiger partial charge < -0.3 is 45.5 Å². The molecule has 1 aliphatic heterocycles. The van der Waals surface area contributed by atoms with E-state index in [-0.39, 0.29) is 5.82 Å². The molecule has 0 radical (unpaired) electrons. The summed E-state index contributed by atoms with van der Waals surface area (Å²) in [5.74, 6) is -1.03. The second-order valence-electron chi connectivity index (χ2n) is 4.92. The molecule has 0 aliphatic carbocycles. The normalized spacial score (nSPS) is 24.4. The van der Waals surface area contributed by atoms with E-state index < -0.39 is 44.9 Å². The van der Waals surface area contributed by atoms with E-state index in [1.165, 1.54) is 0 Å². The number of carbonyl (C=O) groups is 1. The van der Waals surface area contributed by atoms with E-state index in [2.05, 4.69) is 20.1 Å². The molecule has 0 aromatic carbocycles. The van der Waals surface area contributed by atoms with Crippen molar-refractivity contribution in [3.05, 3.63) is 30.9 Å². The van der Waals surface area contributed by atoms with Crippen molar-refractivity contribution in [1.29, 1.82) is 0 Å². The Balaban J connectivity index is 0.000000298. The van der Waals surface area contributed by atoms with Gasteiger partial charge in [0.05, 0.1) is 12.9 Å². The topological polar surface area (TPSA) is 250 Å². The standard InChI is InChI=1S/C8H12N4O5.C3H4N2.H3O4P/c9-6(16)7-10-2-12(11-7)8-5(15)4(14)3(1-13)17-8;1-2-5-3-4-1;1-5(2,3)4/h2-5,8,13-15H,1H2,(H2,9,16);1-3H,(H,4,5);(H3,1,2,3,4)/t3-,4-,5-,8-;;/m1../s1. The number of ether oxygens (including phenoxy) is 1. The van der Waals surface area contributed by atoms with E-state index in [4.69, 9.17) is 34.8 Å². The summed E-state index contributed by atoms with van der Waals surface area (Å²) in [4.78, 5) is 42.4. The van der Waals surface area contributed by atoms with Gasteiger partial charge in [0.25, 0.3) is 5.91 Å². The number of aromatic nitrogens is 5. The number of amides is 1. The summed E-state index contributed by atoms with van der Waals surface area (Å²) in [6, 6.07) is 0. The molecule has 0 bridgehead atoms. The number of aromatic amines is 1. The zero-order valence-corrected chi connectivity index (χ0v) is 14.4.